The summed E-state index contributed by atoms with van der Waals surface area (Å²) in [5, 5.41) is 3.51. The monoisotopic (exact) mass is 363 g/mol. The third-order valence-corrected chi connectivity index (χ3v) is 4.75. The van der Waals surface area contributed by atoms with Crippen LogP contribution in [0.4, 0.5) is 0 Å². The van der Waals surface area contributed by atoms with Crippen LogP contribution in [0.5, 0.6) is 0 Å². The molecule has 0 atom stereocenters. The Balaban J connectivity index is 1.63. The molecule has 0 aliphatic heterocycles. The zero-order valence-corrected chi connectivity index (χ0v) is 14.4. The highest BCUT2D eigenvalue weighted by Gasteiger charge is 2.20. The van der Waals surface area contributed by atoms with Crippen molar-refractivity contribution in [2.24, 2.45) is 0 Å². The summed E-state index contributed by atoms with van der Waals surface area (Å²) in [6.07, 6.45) is 2.60. The Morgan fingerprint density at radius 1 is 1.29 bits per heavy atom. The van der Waals surface area contributed by atoms with Gasteiger partial charge in [0.2, 0.25) is 0 Å². The van der Waals surface area contributed by atoms with E-state index >= 15 is 0 Å². The van der Waals surface area contributed by atoms with Crippen LogP contribution in [0.1, 0.15) is 30.1 Å². The maximum Gasteiger partial charge on any atom is 0.139 e. The molecule has 1 aliphatic rings. The largest absolute Gasteiger partial charge is 0.308 e. The lowest BCUT2D eigenvalue weighted by atomic mass is 10.3. The topological polar surface area (TPSA) is 37.8 Å². The van der Waals surface area contributed by atoms with E-state index in [0.29, 0.717) is 6.04 Å². The lowest BCUT2D eigenvalue weighted by Gasteiger charge is -2.07. The fourth-order valence-electron chi connectivity index (χ4n) is 2.10. The van der Waals surface area contributed by atoms with Crippen molar-refractivity contribution in [2.45, 2.75) is 43.0 Å². The first-order valence-corrected chi connectivity index (χ1v) is 8.92. The van der Waals surface area contributed by atoms with Crippen LogP contribution in [0.15, 0.2) is 39.7 Å². The summed E-state index contributed by atoms with van der Waals surface area (Å²) in [6, 6.07) is 11.1. The van der Waals surface area contributed by atoms with E-state index in [1.807, 2.05) is 13.0 Å². The van der Waals surface area contributed by atoms with E-state index in [1.165, 1.54) is 17.7 Å². The summed E-state index contributed by atoms with van der Waals surface area (Å²) in [6.45, 7) is 2.89. The molecule has 21 heavy (non-hydrogen) atoms. The number of rotatable bonds is 6. The molecule has 0 spiro atoms. The van der Waals surface area contributed by atoms with Gasteiger partial charge in [0.15, 0.2) is 0 Å². The minimum absolute atomic E-state index is 0.708. The van der Waals surface area contributed by atoms with Crippen LogP contribution in [0, 0.1) is 6.92 Å². The van der Waals surface area contributed by atoms with Crippen molar-refractivity contribution in [3.8, 4) is 0 Å². The van der Waals surface area contributed by atoms with Gasteiger partial charge in [0.1, 0.15) is 5.82 Å². The Morgan fingerprint density at radius 3 is 2.90 bits per heavy atom. The Bertz CT molecular complexity index is 629. The van der Waals surface area contributed by atoms with Crippen LogP contribution in [-0.4, -0.2) is 16.0 Å². The first-order valence-electron chi connectivity index (χ1n) is 7.14. The van der Waals surface area contributed by atoms with E-state index in [1.54, 1.807) is 11.8 Å². The highest BCUT2D eigenvalue weighted by Crippen LogP contribution is 2.24. The number of hydrogen-bond donors (Lipinski definition) is 1. The summed E-state index contributed by atoms with van der Waals surface area (Å²) >= 11 is 5.27. The van der Waals surface area contributed by atoms with E-state index in [-0.39, 0.29) is 0 Å². The average Bonchev–Trinajstić information content (AvgIpc) is 3.27. The Hall–Kier alpha value is -0.910. The number of nitrogens with one attached hydrogen (secondary N) is 1. The van der Waals surface area contributed by atoms with Crippen LogP contribution in [0.2, 0.25) is 0 Å². The third-order valence-electron chi connectivity index (χ3n) is 3.27. The second-order valence-corrected chi connectivity index (χ2v) is 7.28. The average molecular weight is 364 g/mol. The quantitative estimate of drug-likeness (QED) is 0.784. The molecule has 0 amide bonds. The standard InChI is InChI=1S/C16H18BrN3S/c1-11-7-14(9-18-13-5-6-13)20-16(19-11)10-21-15-4-2-3-12(17)8-15/h2-4,7-8,13,18H,5-6,9-10H2,1H3. The summed E-state index contributed by atoms with van der Waals surface area (Å²) in [4.78, 5) is 10.4. The van der Waals surface area contributed by atoms with Gasteiger partial charge in [-0.15, -0.1) is 11.8 Å². The first kappa shape index (κ1) is 15.0. The number of aromatic nitrogens is 2. The molecule has 0 bridgehead atoms. The molecule has 1 fully saturated rings. The molecule has 2 aromatic rings. The molecular formula is C16H18BrN3S. The van der Waals surface area contributed by atoms with Crippen LogP contribution in [-0.2, 0) is 12.3 Å². The van der Waals surface area contributed by atoms with E-state index in [4.69, 9.17) is 0 Å². The predicted octanol–water partition coefficient (Wildman–Crippen LogP) is 4.09. The molecule has 5 heteroatoms. The van der Waals surface area contributed by atoms with Gasteiger partial charge in [-0.3, -0.25) is 0 Å². The Morgan fingerprint density at radius 2 is 2.14 bits per heavy atom. The van der Waals surface area contributed by atoms with Crippen molar-refractivity contribution in [1.29, 1.82) is 0 Å². The molecular weight excluding hydrogens is 346 g/mol. The SMILES string of the molecule is Cc1cc(CNC2CC2)nc(CSc2cccc(Br)c2)n1. The first-order chi connectivity index (χ1) is 10.2. The molecule has 0 saturated heterocycles. The Labute approximate surface area is 138 Å². The number of hydrogen-bond acceptors (Lipinski definition) is 4. The van der Waals surface area contributed by atoms with Crippen LogP contribution < -0.4 is 5.32 Å². The second-order valence-electron chi connectivity index (χ2n) is 5.32. The minimum atomic E-state index is 0.708. The molecule has 1 saturated carbocycles. The highest BCUT2D eigenvalue weighted by atomic mass is 79.9. The van der Waals surface area contributed by atoms with Crippen molar-refractivity contribution >= 4 is 27.7 Å². The van der Waals surface area contributed by atoms with Crippen molar-refractivity contribution in [1.82, 2.24) is 15.3 Å². The summed E-state index contributed by atoms with van der Waals surface area (Å²) < 4.78 is 1.10. The summed E-state index contributed by atoms with van der Waals surface area (Å²) in [5.41, 5.74) is 2.14. The zero-order valence-electron chi connectivity index (χ0n) is 12.0. The van der Waals surface area contributed by atoms with Gasteiger partial charge < -0.3 is 5.32 Å². The molecule has 1 aromatic carbocycles. The van der Waals surface area contributed by atoms with Crippen LogP contribution in [0.3, 0.4) is 0 Å². The molecule has 3 rings (SSSR count). The fraction of sp³-hybridized carbons (Fsp3) is 0.375. The molecule has 110 valence electrons. The predicted molar refractivity (Wildman–Crippen MR) is 90.3 cm³/mol. The maximum atomic E-state index is 4.66. The Kier molecular flexibility index (Phi) is 4.93. The van der Waals surface area contributed by atoms with Crippen LogP contribution >= 0.6 is 27.7 Å². The van der Waals surface area contributed by atoms with Crippen LogP contribution in [0.25, 0.3) is 0 Å². The van der Waals surface area contributed by atoms with E-state index in [0.717, 1.165) is 34.0 Å². The maximum absolute atomic E-state index is 4.66. The minimum Gasteiger partial charge on any atom is -0.308 e. The number of nitrogens with zero attached hydrogens (tertiary/aromatic N) is 2. The van der Waals surface area contributed by atoms with Gasteiger partial charge in [0.25, 0.3) is 0 Å². The molecule has 1 N–H and O–H groups in total. The van der Waals surface area contributed by atoms with Crippen molar-refractivity contribution in [3.63, 3.8) is 0 Å². The molecule has 0 radical (unpaired) electrons. The summed E-state index contributed by atoms with van der Waals surface area (Å²) in [5.74, 6) is 1.71. The van der Waals surface area contributed by atoms with Gasteiger partial charge in [0, 0.05) is 27.6 Å². The number of halogens is 1. The van der Waals surface area contributed by atoms with Gasteiger partial charge in [-0.1, -0.05) is 22.0 Å². The third kappa shape index (κ3) is 4.80. The smallest absolute Gasteiger partial charge is 0.139 e. The number of thioether (sulfide) groups is 1. The normalized spacial score (nSPS) is 14.4. The second kappa shape index (κ2) is 6.90. The van der Waals surface area contributed by atoms with E-state index < -0.39 is 0 Å². The molecule has 1 aromatic heterocycles. The fourth-order valence-corrected chi connectivity index (χ4v) is 3.46. The van der Waals surface area contributed by atoms with Crippen molar-refractivity contribution in [2.75, 3.05) is 0 Å². The molecule has 1 aliphatic carbocycles. The lowest BCUT2D eigenvalue weighted by Crippen LogP contribution is -2.17. The van der Waals surface area contributed by atoms with Gasteiger partial charge in [0.05, 0.1) is 11.4 Å². The van der Waals surface area contributed by atoms with Crippen molar-refractivity contribution < 1.29 is 0 Å². The van der Waals surface area contributed by atoms with Gasteiger partial charge in [-0.25, -0.2) is 9.97 Å². The molecule has 1 heterocycles. The van der Waals surface area contributed by atoms with E-state index in [9.17, 15) is 0 Å². The number of benzene rings is 1. The highest BCUT2D eigenvalue weighted by molar-refractivity contribution is 9.10. The van der Waals surface area contributed by atoms with Gasteiger partial charge in [-0.05, 0) is 44.0 Å². The molecule has 0 unspecified atom stereocenters. The summed E-state index contributed by atoms with van der Waals surface area (Å²) in [7, 11) is 0. The van der Waals surface area contributed by atoms with Crippen molar-refractivity contribution in [3.05, 3.63) is 52.0 Å². The van der Waals surface area contributed by atoms with E-state index in [2.05, 4.69) is 55.5 Å². The zero-order chi connectivity index (χ0) is 14.7. The van der Waals surface area contributed by atoms with Gasteiger partial charge >= 0.3 is 0 Å². The van der Waals surface area contributed by atoms with Gasteiger partial charge in [-0.2, -0.15) is 0 Å². The lowest BCUT2D eigenvalue weighted by molar-refractivity contribution is 0.668. The molecule has 3 nitrogen and oxygen atoms in total. The number of aryl methyl sites for hydroxylation is 1.